The minimum Gasteiger partial charge on any atom is -0.493 e. The highest BCUT2D eigenvalue weighted by Crippen LogP contribution is 2.39. The molecule has 0 saturated heterocycles. The van der Waals surface area contributed by atoms with Crippen LogP contribution >= 0.6 is 24.0 Å². The molecule has 6 nitrogen and oxygen atoms in total. The van der Waals surface area contributed by atoms with E-state index >= 15 is 0 Å². The topological polar surface area (TPSA) is 74.7 Å². The van der Waals surface area contributed by atoms with Crippen molar-refractivity contribution in [3.8, 4) is 11.5 Å². The van der Waals surface area contributed by atoms with E-state index in [4.69, 9.17) is 26.4 Å². The lowest BCUT2D eigenvalue weighted by molar-refractivity contribution is -0.152. The summed E-state index contributed by atoms with van der Waals surface area (Å²) in [5.41, 5.74) is 1.10. The van der Waals surface area contributed by atoms with Gasteiger partial charge in [0.05, 0.1) is 18.3 Å². The van der Waals surface area contributed by atoms with Gasteiger partial charge in [0.15, 0.2) is 11.5 Å². The number of rotatable bonds is 11. The van der Waals surface area contributed by atoms with Crippen LogP contribution in [0, 0.1) is 11.7 Å². The summed E-state index contributed by atoms with van der Waals surface area (Å²) in [6.45, 7) is 4.80. The van der Waals surface area contributed by atoms with Crippen LogP contribution in [0.5, 0.6) is 11.5 Å². The minimum absolute atomic E-state index is 0.118. The van der Waals surface area contributed by atoms with E-state index in [1.165, 1.54) is 44.1 Å². The number of carbonyl (C=O) groups is 2. The lowest BCUT2D eigenvalue weighted by atomic mass is 10.0. The second-order valence-electron chi connectivity index (χ2n) is 8.36. The van der Waals surface area contributed by atoms with E-state index in [0.717, 1.165) is 10.5 Å². The van der Waals surface area contributed by atoms with Crippen molar-refractivity contribution in [3.05, 3.63) is 83.9 Å². The summed E-state index contributed by atoms with van der Waals surface area (Å²) in [6.07, 6.45) is 1.13. The predicted molar refractivity (Wildman–Crippen MR) is 145 cm³/mol. The fourth-order valence-electron chi connectivity index (χ4n) is 3.58. The smallest absolute Gasteiger partial charge is 0.309 e. The number of halogens is 1. The first-order chi connectivity index (χ1) is 17.7. The van der Waals surface area contributed by atoms with Crippen LogP contribution in [0.2, 0.25) is 0 Å². The second-order valence-corrected chi connectivity index (χ2v) is 10.1. The van der Waals surface area contributed by atoms with E-state index in [-0.39, 0.29) is 28.9 Å². The fourth-order valence-corrected chi connectivity index (χ4v) is 5.13. The van der Waals surface area contributed by atoms with Crippen LogP contribution in [0.15, 0.2) is 71.8 Å². The molecule has 9 heteroatoms. The van der Waals surface area contributed by atoms with Crippen molar-refractivity contribution in [1.29, 1.82) is 0 Å². The molecule has 0 unspecified atom stereocenters. The quantitative estimate of drug-likeness (QED) is 0.120. The van der Waals surface area contributed by atoms with E-state index in [0.29, 0.717) is 10.6 Å². The molecule has 0 spiro atoms. The van der Waals surface area contributed by atoms with Crippen LogP contribution in [0.4, 0.5) is 4.39 Å². The number of carbonyl (C=O) groups excluding carboxylic acids is 2. The second kappa shape index (κ2) is 13.3. The largest absolute Gasteiger partial charge is 0.493 e. The van der Waals surface area contributed by atoms with Gasteiger partial charge < -0.3 is 14.2 Å². The molecule has 0 fully saturated rings. The first-order valence-electron chi connectivity index (χ1n) is 11.6. The number of ether oxygens (including phenoxy) is 3. The average molecular weight is 542 g/mol. The van der Waals surface area contributed by atoms with Crippen LogP contribution in [-0.4, -0.2) is 35.0 Å². The number of nitrogens with zero attached hydrogens (tertiary/aromatic N) is 1. The standard InChI is InChI=1S/C28H28FNO5S2/c1-17(16-24(36)25-26(35-19(3)31)23(33-4)14-15-30-25)28(32)34-18(2)27(20-10-12-21(29)13-11-20)37-22-8-6-5-7-9-22/h5-15,17-18,27H,16H2,1-4H3/t17-,18+,27+/m1/s1. The van der Waals surface area contributed by atoms with E-state index in [2.05, 4.69) is 4.98 Å². The molecule has 0 bridgehead atoms. The molecule has 0 amide bonds. The van der Waals surface area contributed by atoms with Gasteiger partial charge in [-0.1, -0.05) is 49.5 Å². The Balaban J connectivity index is 1.74. The lowest BCUT2D eigenvalue weighted by Crippen LogP contribution is -2.26. The van der Waals surface area contributed by atoms with Crippen LogP contribution < -0.4 is 9.47 Å². The monoisotopic (exact) mass is 541 g/mol. The van der Waals surface area contributed by atoms with Gasteiger partial charge >= 0.3 is 11.9 Å². The first kappa shape index (κ1) is 28.3. The molecule has 0 saturated carbocycles. The van der Waals surface area contributed by atoms with Gasteiger partial charge in [-0.25, -0.2) is 4.39 Å². The maximum Gasteiger partial charge on any atom is 0.309 e. The molecule has 0 N–H and O–H groups in total. The molecule has 37 heavy (non-hydrogen) atoms. The maximum absolute atomic E-state index is 13.6. The van der Waals surface area contributed by atoms with Crippen LogP contribution in [-0.2, 0) is 14.3 Å². The molecule has 1 aromatic heterocycles. The Bertz CT molecular complexity index is 1240. The third kappa shape index (κ3) is 7.84. The lowest BCUT2D eigenvalue weighted by Gasteiger charge is -2.25. The van der Waals surface area contributed by atoms with Crippen molar-refractivity contribution in [2.45, 2.75) is 43.4 Å². The zero-order chi connectivity index (χ0) is 26.9. The SMILES string of the molecule is COc1ccnc(C(=S)C[C@@H](C)C(=O)O[C@@H](C)[C@H](Sc2ccccc2)c2ccc(F)cc2)c1OC(C)=O. The zero-order valence-corrected chi connectivity index (χ0v) is 22.6. The van der Waals surface area contributed by atoms with E-state index in [9.17, 15) is 14.0 Å². The van der Waals surface area contributed by atoms with Crippen LogP contribution in [0.3, 0.4) is 0 Å². The molecular formula is C28H28FNO5S2. The number of pyridine rings is 1. The summed E-state index contributed by atoms with van der Waals surface area (Å²) in [7, 11) is 1.45. The van der Waals surface area contributed by atoms with Gasteiger partial charge in [0, 0.05) is 28.9 Å². The molecule has 3 rings (SSSR count). The number of thiocarbonyl (C=S) groups is 1. The molecule has 3 aromatic rings. The summed E-state index contributed by atoms with van der Waals surface area (Å²) < 4.78 is 30.0. The normalized spacial score (nSPS) is 13.2. The van der Waals surface area contributed by atoms with E-state index < -0.39 is 24.0 Å². The van der Waals surface area contributed by atoms with Crippen molar-refractivity contribution >= 4 is 40.8 Å². The number of thioether (sulfide) groups is 1. The first-order valence-corrected chi connectivity index (χ1v) is 12.9. The average Bonchev–Trinajstić information content (AvgIpc) is 2.88. The summed E-state index contributed by atoms with van der Waals surface area (Å²) in [4.78, 5) is 30.2. The highest BCUT2D eigenvalue weighted by atomic mass is 32.2. The minimum atomic E-state index is -0.594. The van der Waals surface area contributed by atoms with Crippen molar-refractivity contribution in [1.82, 2.24) is 4.98 Å². The third-order valence-corrected chi connectivity index (χ3v) is 7.24. The van der Waals surface area contributed by atoms with Gasteiger partial charge in [0.1, 0.15) is 17.6 Å². The van der Waals surface area contributed by atoms with E-state index in [1.807, 2.05) is 37.3 Å². The molecule has 0 aliphatic rings. The Morgan fingerprint density at radius 2 is 1.73 bits per heavy atom. The van der Waals surface area contributed by atoms with Gasteiger partial charge in [-0.3, -0.25) is 14.6 Å². The molecule has 2 aromatic carbocycles. The maximum atomic E-state index is 13.6. The molecule has 1 heterocycles. The van der Waals surface area contributed by atoms with Gasteiger partial charge in [-0.05, 0) is 43.2 Å². The number of hydrogen-bond donors (Lipinski definition) is 0. The van der Waals surface area contributed by atoms with Gasteiger partial charge in [-0.2, -0.15) is 0 Å². The Morgan fingerprint density at radius 1 is 1.05 bits per heavy atom. The highest BCUT2D eigenvalue weighted by Gasteiger charge is 2.28. The van der Waals surface area contributed by atoms with Crippen molar-refractivity contribution in [2.24, 2.45) is 5.92 Å². The Labute approximate surface area is 225 Å². The molecular weight excluding hydrogens is 513 g/mol. The molecule has 3 atom stereocenters. The number of methoxy groups -OCH3 is 1. The summed E-state index contributed by atoms with van der Waals surface area (Å²) in [5, 5.41) is -0.262. The Morgan fingerprint density at radius 3 is 2.35 bits per heavy atom. The third-order valence-electron chi connectivity index (χ3n) is 5.43. The van der Waals surface area contributed by atoms with Crippen molar-refractivity contribution in [3.63, 3.8) is 0 Å². The predicted octanol–water partition coefficient (Wildman–Crippen LogP) is 6.36. The molecule has 0 aliphatic heterocycles. The number of benzene rings is 2. The molecule has 0 radical (unpaired) electrons. The number of aromatic nitrogens is 1. The summed E-state index contributed by atoms with van der Waals surface area (Å²) in [6, 6.07) is 17.5. The van der Waals surface area contributed by atoms with Crippen molar-refractivity contribution in [2.75, 3.05) is 7.11 Å². The van der Waals surface area contributed by atoms with Crippen LogP contribution in [0.1, 0.15) is 43.7 Å². The van der Waals surface area contributed by atoms with Gasteiger partial charge in [0.2, 0.25) is 0 Å². The summed E-state index contributed by atoms with van der Waals surface area (Å²) >= 11 is 7.08. The van der Waals surface area contributed by atoms with Crippen molar-refractivity contribution < 1.29 is 28.2 Å². The Hall–Kier alpha value is -3.30. The van der Waals surface area contributed by atoms with E-state index in [1.54, 1.807) is 25.1 Å². The molecule has 194 valence electrons. The van der Waals surface area contributed by atoms with Crippen LogP contribution in [0.25, 0.3) is 0 Å². The fraction of sp³-hybridized carbons (Fsp3) is 0.286. The summed E-state index contributed by atoms with van der Waals surface area (Å²) in [5.74, 6) is -1.48. The number of hydrogen-bond acceptors (Lipinski definition) is 8. The molecule has 0 aliphatic carbocycles. The Kier molecular flexibility index (Phi) is 10.2. The zero-order valence-electron chi connectivity index (χ0n) is 21.0. The van der Waals surface area contributed by atoms with Gasteiger partial charge in [-0.15, -0.1) is 11.8 Å². The number of esters is 2. The van der Waals surface area contributed by atoms with Gasteiger partial charge in [0.25, 0.3) is 0 Å². The highest BCUT2D eigenvalue weighted by molar-refractivity contribution is 7.99.